The van der Waals surface area contributed by atoms with Gasteiger partial charge in [0.25, 0.3) is 0 Å². The largest absolute Gasteiger partial charge is 0.370 e. The molecule has 2 heterocycles. The highest BCUT2D eigenvalue weighted by molar-refractivity contribution is 5.98. The van der Waals surface area contributed by atoms with Crippen LogP contribution in [0, 0.1) is 17.8 Å². The quantitative estimate of drug-likeness (QED) is 0.598. The SMILES string of the molecule is C[C@H]1O[C@H]2C3=C(C(=O)CCC3)[C@@H]1[C@@H]1CC=C[C@@H]12. The second-order valence-electron chi connectivity index (χ2n) is 5.91. The first kappa shape index (κ1) is 10.1. The van der Waals surface area contributed by atoms with E-state index in [1.807, 2.05) is 0 Å². The number of rotatable bonds is 0. The summed E-state index contributed by atoms with van der Waals surface area (Å²) in [6.45, 7) is 2.15. The molecule has 2 heteroatoms. The fraction of sp³-hybridized carbons (Fsp3) is 0.667. The van der Waals surface area contributed by atoms with Crippen LogP contribution in [0.4, 0.5) is 0 Å². The number of fused-ring (bicyclic) bond motifs is 1. The highest BCUT2D eigenvalue weighted by atomic mass is 16.5. The lowest BCUT2D eigenvalue weighted by atomic mass is 9.61. The average Bonchev–Trinajstić information content (AvgIpc) is 2.79. The highest BCUT2D eigenvalue weighted by Gasteiger charge is 2.53. The van der Waals surface area contributed by atoms with Gasteiger partial charge < -0.3 is 4.74 Å². The Bertz CT molecular complexity index is 446. The van der Waals surface area contributed by atoms with E-state index in [1.54, 1.807) is 0 Å². The number of ether oxygens (including phenoxy) is 1. The Kier molecular flexibility index (Phi) is 1.97. The van der Waals surface area contributed by atoms with E-state index in [0.717, 1.165) is 25.7 Å². The van der Waals surface area contributed by atoms with Crippen molar-refractivity contribution in [1.29, 1.82) is 0 Å². The second kappa shape index (κ2) is 3.32. The van der Waals surface area contributed by atoms with E-state index in [-0.39, 0.29) is 12.2 Å². The molecule has 3 aliphatic carbocycles. The normalized spacial score (nSPS) is 47.4. The third-order valence-electron chi connectivity index (χ3n) is 5.11. The molecule has 5 rings (SSSR count). The fourth-order valence-corrected chi connectivity index (χ4v) is 4.51. The summed E-state index contributed by atoms with van der Waals surface area (Å²) in [4.78, 5) is 12.2. The number of hydrogen-bond acceptors (Lipinski definition) is 2. The number of carbonyl (C=O) groups is 1. The molecule has 2 bridgehead atoms. The molecule has 2 nitrogen and oxygen atoms in total. The van der Waals surface area contributed by atoms with Crippen LogP contribution in [0.25, 0.3) is 0 Å². The van der Waals surface area contributed by atoms with Crippen LogP contribution in [0.5, 0.6) is 0 Å². The van der Waals surface area contributed by atoms with Gasteiger partial charge in [0.1, 0.15) is 0 Å². The smallest absolute Gasteiger partial charge is 0.159 e. The Balaban J connectivity index is 1.87. The van der Waals surface area contributed by atoms with E-state index in [1.165, 1.54) is 11.1 Å². The Hall–Kier alpha value is -0.890. The predicted molar refractivity (Wildman–Crippen MR) is 64.4 cm³/mol. The average molecular weight is 230 g/mol. The summed E-state index contributed by atoms with van der Waals surface area (Å²) < 4.78 is 6.16. The Morgan fingerprint density at radius 3 is 3.12 bits per heavy atom. The maximum atomic E-state index is 12.2. The maximum absolute atomic E-state index is 12.2. The van der Waals surface area contributed by atoms with Gasteiger partial charge in [0.2, 0.25) is 0 Å². The molecule has 1 saturated heterocycles. The van der Waals surface area contributed by atoms with Gasteiger partial charge in [-0.05, 0) is 37.7 Å². The maximum Gasteiger partial charge on any atom is 0.159 e. The zero-order chi connectivity index (χ0) is 11.6. The number of allylic oxidation sites excluding steroid dienone is 1. The highest BCUT2D eigenvalue weighted by Crippen LogP contribution is 2.54. The van der Waals surface area contributed by atoms with Crippen molar-refractivity contribution in [2.75, 3.05) is 0 Å². The standard InChI is InChI=1S/C15H18O2/c1-8-13-9-4-2-5-10(9)15(17-8)11-6-3-7-12(16)14(11)13/h2,5,8-10,13,15H,3-4,6-7H2,1H3/t8-,9-,10+,13+,15-/m1/s1. The third-order valence-corrected chi connectivity index (χ3v) is 5.11. The minimum atomic E-state index is 0.220. The summed E-state index contributed by atoms with van der Waals surface area (Å²) in [6, 6.07) is 0. The van der Waals surface area contributed by atoms with Gasteiger partial charge in [-0.15, -0.1) is 0 Å². The van der Waals surface area contributed by atoms with Crippen molar-refractivity contribution in [2.24, 2.45) is 17.8 Å². The van der Waals surface area contributed by atoms with Crippen LogP contribution >= 0.6 is 0 Å². The van der Waals surface area contributed by atoms with Gasteiger partial charge >= 0.3 is 0 Å². The first-order valence-electron chi connectivity index (χ1n) is 6.85. The molecule has 17 heavy (non-hydrogen) atoms. The lowest BCUT2D eigenvalue weighted by Gasteiger charge is -2.52. The third kappa shape index (κ3) is 1.17. The molecule has 0 saturated carbocycles. The van der Waals surface area contributed by atoms with Gasteiger partial charge in [0, 0.05) is 23.8 Å². The van der Waals surface area contributed by atoms with Crippen molar-refractivity contribution in [3.05, 3.63) is 23.3 Å². The molecule has 90 valence electrons. The van der Waals surface area contributed by atoms with Crippen LogP contribution in [0.3, 0.4) is 0 Å². The molecular formula is C15H18O2. The molecule has 5 aliphatic rings. The van der Waals surface area contributed by atoms with Gasteiger partial charge in [-0.2, -0.15) is 0 Å². The van der Waals surface area contributed by atoms with Crippen LogP contribution in [-0.4, -0.2) is 18.0 Å². The lowest BCUT2D eigenvalue weighted by Crippen LogP contribution is -2.53. The summed E-state index contributed by atoms with van der Waals surface area (Å²) in [6.07, 6.45) is 9.10. The van der Waals surface area contributed by atoms with Crippen molar-refractivity contribution in [2.45, 2.75) is 44.8 Å². The molecule has 0 N–H and O–H groups in total. The molecule has 0 unspecified atom stereocenters. The summed E-state index contributed by atoms with van der Waals surface area (Å²) in [5, 5.41) is 0. The molecule has 1 fully saturated rings. The van der Waals surface area contributed by atoms with Crippen LogP contribution in [0.1, 0.15) is 32.6 Å². The number of ketones is 1. The number of carbonyl (C=O) groups excluding carboxylic acids is 1. The van der Waals surface area contributed by atoms with Crippen LogP contribution in [-0.2, 0) is 9.53 Å². The first-order valence-corrected chi connectivity index (χ1v) is 6.85. The molecule has 0 aromatic rings. The van der Waals surface area contributed by atoms with E-state index in [2.05, 4.69) is 19.1 Å². The molecule has 0 aromatic heterocycles. The van der Waals surface area contributed by atoms with Gasteiger partial charge in [0.15, 0.2) is 5.78 Å². The molecular weight excluding hydrogens is 212 g/mol. The lowest BCUT2D eigenvalue weighted by molar-refractivity contribution is -0.132. The van der Waals surface area contributed by atoms with Crippen molar-refractivity contribution in [3.63, 3.8) is 0 Å². The summed E-state index contributed by atoms with van der Waals surface area (Å²) in [5.41, 5.74) is 2.54. The Morgan fingerprint density at radius 1 is 1.35 bits per heavy atom. The molecule has 5 atom stereocenters. The Labute approximate surface area is 102 Å². The van der Waals surface area contributed by atoms with Crippen molar-refractivity contribution >= 4 is 5.78 Å². The minimum absolute atomic E-state index is 0.220. The van der Waals surface area contributed by atoms with Crippen LogP contribution < -0.4 is 0 Å². The summed E-state index contributed by atoms with van der Waals surface area (Å²) >= 11 is 0. The summed E-state index contributed by atoms with van der Waals surface area (Å²) in [5.74, 6) is 2.00. The minimum Gasteiger partial charge on any atom is -0.370 e. The monoisotopic (exact) mass is 230 g/mol. The van der Waals surface area contributed by atoms with Crippen molar-refractivity contribution < 1.29 is 9.53 Å². The molecule has 2 aliphatic heterocycles. The molecule has 0 spiro atoms. The van der Waals surface area contributed by atoms with E-state index < -0.39 is 0 Å². The number of hydrogen-bond donors (Lipinski definition) is 0. The van der Waals surface area contributed by atoms with Crippen molar-refractivity contribution in [3.8, 4) is 0 Å². The molecule has 0 radical (unpaired) electrons. The van der Waals surface area contributed by atoms with Gasteiger partial charge in [-0.25, -0.2) is 0 Å². The fourth-order valence-electron chi connectivity index (χ4n) is 4.51. The van der Waals surface area contributed by atoms with Crippen LogP contribution in [0.15, 0.2) is 23.3 Å². The predicted octanol–water partition coefficient (Wildman–Crippen LogP) is 2.65. The zero-order valence-corrected chi connectivity index (χ0v) is 10.2. The van der Waals surface area contributed by atoms with Gasteiger partial charge in [-0.3, -0.25) is 4.79 Å². The molecule has 0 amide bonds. The van der Waals surface area contributed by atoms with E-state index in [9.17, 15) is 4.79 Å². The van der Waals surface area contributed by atoms with E-state index in [0.29, 0.717) is 23.5 Å². The van der Waals surface area contributed by atoms with Gasteiger partial charge in [-0.1, -0.05) is 12.2 Å². The zero-order valence-electron chi connectivity index (χ0n) is 10.2. The van der Waals surface area contributed by atoms with Gasteiger partial charge in [0.05, 0.1) is 12.2 Å². The molecule has 0 aromatic carbocycles. The summed E-state index contributed by atoms with van der Waals surface area (Å²) in [7, 11) is 0. The van der Waals surface area contributed by atoms with E-state index in [4.69, 9.17) is 4.74 Å². The number of Topliss-reactive ketones (excluding diaryl/α,β-unsaturated/α-hetero) is 1. The topological polar surface area (TPSA) is 26.3 Å². The van der Waals surface area contributed by atoms with E-state index >= 15 is 0 Å². The Morgan fingerprint density at radius 2 is 2.24 bits per heavy atom. The second-order valence-corrected chi connectivity index (χ2v) is 5.91. The first-order chi connectivity index (χ1) is 8.27. The van der Waals surface area contributed by atoms with Crippen molar-refractivity contribution in [1.82, 2.24) is 0 Å². The van der Waals surface area contributed by atoms with Crippen LogP contribution in [0.2, 0.25) is 0 Å².